The Morgan fingerprint density at radius 3 is 3.04 bits per heavy atom. The zero-order valence-electron chi connectivity index (χ0n) is 13.3. The second-order valence-electron chi connectivity index (χ2n) is 6.03. The van der Waals surface area contributed by atoms with Gasteiger partial charge in [0.15, 0.2) is 0 Å². The van der Waals surface area contributed by atoms with Gasteiger partial charge in [-0.3, -0.25) is 4.79 Å². The summed E-state index contributed by atoms with van der Waals surface area (Å²) in [4.78, 5) is 24.8. The molecule has 0 radical (unpaired) electrons. The van der Waals surface area contributed by atoms with E-state index >= 15 is 0 Å². The molecule has 1 fully saturated rings. The number of ether oxygens (including phenoxy) is 1. The minimum Gasteiger partial charge on any atom is -0.469 e. The molecule has 0 saturated heterocycles. The minimum absolute atomic E-state index is 0.0468. The van der Waals surface area contributed by atoms with E-state index in [9.17, 15) is 9.59 Å². The summed E-state index contributed by atoms with van der Waals surface area (Å²) < 4.78 is 10.7. The van der Waals surface area contributed by atoms with Gasteiger partial charge in [-0.1, -0.05) is 0 Å². The molecule has 5 nitrogen and oxygen atoms in total. The molecule has 3 unspecified atom stereocenters. The van der Waals surface area contributed by atoms with Gasteiger partial charge in [0.25, 0.3) is 0 Å². The van der Waals surface area contributed by atoms with Crippen LogP contribution in [0, 0.1) is 5.92 Å². The number of hydrogen-bond donors (Lipinski definition) is 1. The molecular formula is C17H21NO4S. The number of furan rings is 1. The van der Waals surface area contributed by atoms with E-state index in [2.05, 4.69) is 5.32 Å². The lowest BCUT2D eigenvalue weighted by Gasteiger charge is -2.30. The molecule has 3 rings (SSSR count). The summed E-state index contributed by atoms with van der Waals surface area (Å²) in [7, 11) is 0. The molecule has 1 aromatic rings. The molecule has 3 atom stereocenters. The topological polar surface area (TPSA) is 68.5 Å². The van der Waals surface area contributed by atoms with Gasteiger partial charge in [0, 0.05) is 24.1 Å². The molecule has 124 valence electrons. The molecule has 1 N–H and O–H groups in total. The third kappa shape index (κ3) is 3.17. The highest BCUT2D eigenvalue weighted by Crippen LogP contribution is 2.41. The maximum Gasteiger partial charge on any atom is 0.354 e. The van der Waals surface area contributed by atoms with Gasteiger partial charge in [0.2, 0.25) is 0 Å². The highest BCUT2D eigenvalue weighted by atomic mass is 32.2. The van der Waals surface area contributed by atoms with Crippen LogP contribution in [0.4, 0.5) is 0 Å². The van der Waals surface area contributed by atoms with Crippen molar-refractivity contribution in [2.24, 2.45) is 5.92 Å². The van der Waals surface area contributed by atoms with Gasteiger partial charge in [-0.05, 0) is 37.3 Å². The molecule has 0 bridgehead atoms. The van der Waals surface area contributed by atoms with E-state index in [1.165, 1.54) is 0 Å². The van der Waals surface area contributed by atoms with Crippen LogP contribution in [0.2, 0.25) is 0 Å². The van der Waals surface area contributed by atoms with Crippen molar-refractivity contribution in [2.75, 3.05) is 18.6 Å². The molecule has 0 aromatic carbocycles. The SMILES string of the molecule is CSCCOC(=O)C1=C(C)C2C(=O)CC(c3ccco3)CC2N1. The molecule has 0 spiro atoms. The average molecular weight is 335 g/mol. The Balaban J connectivity index is 1.71. The van der Waals surface area contributed by atoms with Crippen LogP contribution in [0.5, 0.6) is 0 Å². The molecule has 1 aliphatic carbocycles. The first-order valence-corrected chi connectivity index (χ1v) is 9.20. The van der Waals surface area contributed by atoms with Crippen LogP contribution >= 0.6 is 11.8 Å². The van der Waals surface area contributed by atoms with Crippen molar-refractivity contribution >= 4 is 23.5 Å². The summed E-state index contributed by atoms with van der Waals surface area (Å²) in [6.45, 7) is 2.24. The van der Waals surface area contributed by atoms with Gasteiger partial charge in [-0.15, -0.1) is 0 Å². The highest BCUT2D eigenvalue weighted by Gasteiger charge is 2.45. The number of thioether (sulfide) groups is 1. The Hall–Kier alpha value is -1.69. The zero-order chi connectivity index (χ0) is 16.4. The number of carbonyl (C=O) groups excluding carboxylic acids is 2. The van der Waals surface area contributed by atoms with Crippen LogP contribution < -0.4 is 5.32 Å². The summed E-state index contributed by atoms with van der Waals surface area (Å²) in [5.74, 6) is 1.28. The van der Waals surface area contributed by atoms with E-state index in [4.69, 9.17) is 9.15 Å². The third-order valence-corrected chi connectivity index (χ3v) is 5.17. The van der Waals surface area contributed by atoms with Gasteiger partial charge >= 0.3 is 5.97 Å². The van der Waals surface area contributed by atoms with E-state index in [0.29, 0.717) is 18.7 Å². The van der Waals surface area contributed by atoms with Gasteiger partial charge in [0.1, 0.15) is 23.8 Å². The Labute approximate surface area is 139 Å². The van der Waals surface area contributed by atoms with Crippen molar-refractivity contribution in [1.29, 1.82) is 0 Å². The standard InChI is InChI=1S/C17H21NO4S/c1-10-15-12(18-16(10)17(20)22-6-7-23-2)8-11(9-13(15)19)14-4-3-5-21-14/h3-5,11-12,15,18H,6-9H2,1-2H3. The van der Waals surface area contributed by atoms with E-state index in [1.54, 1.807) is 18.0 Å². The van der Waals surface area contributed by atoms with Gasteiger partial charge < -0.3 is 14.5 Å². The van der Waals surface area contributed by atoms with Crippen molar-refractivity contribution in [2.45, 2.75) is 31.7 Å². The number of nitrogens with one attached hydrogen (secondary N) is 1. The van der Waals surface area contributed by atoms with Gasteiger partial charge in [-0.25, -0.2) is 4.79 Å². The summed E-state index contributed by atoms with van der Waals surface area (Å²) in [5, 5.41) is 3.23. The molecule has 2 heterocycles. The smallest absolute Gasteiger partial charge is 0.354 e. The average Bonchev–Trinajstić information content (AvgIpc) is 3.15. The number of Topliss-reactive ketones (excluding diaryl/α,β-unsaturated/α-hetero) is 1. The lowest BCUT2D eigenvalue weighted by molar-refractivity contribution is -0.138. The number of ketones is 1. The summed E-state index contributed by atoms with van der Waals surface area (Å²) in [5.41, 5.74) is 1.28. The van der Waals surface area contributed by atoms with Gasteiger partial charge in [-0.2, -0.15) is 11.8 Å². The van der Waals surface area contributed by atoms with Crippen molar-refractivity contribution in [1.82, 2.24) is 5.32 Å². The summed E-state index contributed by atoms with van der Waals surface area (Å²) in [6, 6.07) is 3.70. The number of esters is 1. The molecule has 1 aliphatic heterocycles. The molecule has 23 heavy (non-hydrogen) atoms. The summed E-state index contributed by atoms with van der Waals surface area (Å²) in [6.07, 6.45) is 4.84. The molecule has 6 heteroatoms. The Morgan fingerprint density at radius 1 is 1.52 bits per heavy atom. The maximum absolute atomic E-state index is 12.5. The number of carbonyl (C=O) groups is 2. The van der Waals surface area contributed by atoms with Crippen molar-refractivity contribution in [3.05, 3.63) is 35.4 Å². The van der Waals surface area contributed by atoms with E-state index in [1.807, 2.05) is 25.3 Å². The molecule has 1 aromatic heterocycles. The van der Waals surface area contributed by atoms with E-state index in [-0.39, 0.29) is 29.6 Å². The van der Waals surface area contributed by atoms with Crippen LogP contribution in [0.3, 0.4) is 0 Å². The normalized spacial score (nSPS) is 26.9. The fraction of sp³-hybridized carbons (Fsp3) is 0.529. The quantitative estimate of drug-likeness (QED) is 0.659. The van der Waals surface area contributed by atoms with E-state index in [0.717, 1.165) is 23.5 Å². The van der Waals surface area contributed by atoms with Crippen LogP contribution in [0.25, 0.3) is 0 Å². The first-order chi connectivity index (χ1) is 11.1. The first-order valence-electron chi connectivity index (χ1n) is 7.81. The van der Waals surface area contributed by atoms with Crippen LogP contribution in [-0.4, -0.2) is 36.4 Å². The number of rotatable bonds is 5. The maximum atomic E-state index is 12.5. The van der Waals surface area contributed by atoms with Crippen LogP contribution in [0.1, 0.15) is 31.4 Å². The fourth-order valence-corrected chi connectivity index (χ4v) is 3.76. The Morgan fingerprint density at radius 2 is 2.35 bits per heavy atom. The van der Waals surface area contributed by atoms with E-state index < -0.39 is 0 Å². The molecule has 2 aliphatic rings. The first kappa shape index (κ1) is 16.2. The van der Waals surface area contributed by atoms with Crippen molar-refractivity contribution in [3.63, 3.8) is 0 Å². The molecular weight excluding hydrogens is 314 g/mol. The Kier molecular flexibility index (Phi) is 4.80. The number of fused-ring (bicyclic) bond motifs is 1. The largest absolute Gasteiger partial charge is 0.469 e. The fourth-order valence-electron chi connectivity index (χ4n) is 3.51. The number of hydrogen-bond acceptors (Lipinski definition) is 6. The highest BCUT2D eigenvalue weighted by molar-refractivity contribution is 7.98. The Bertz CT molecular complexity index is 623. The lowest BCUT2D eigenvalue weighted by atomic mass is 9.75. The van der Waals surface area contributed by atoms with Crippen LogP contribution in [-0.2, 0) is 14.3 Å². The molecule has 1 saturated carbocycles. The minimum atomic E-state index is -0.353. The van der Waals surface area contributed by atoms with Crippen molar-refractivity contribution in [3.8, 4) is 0 Å². The monoisotopic (exact) mass is 335 g/mol. The zero-order valence-corrected chi connectivity index (χ0v) is 14.2. The predicted molar refractivity (Wildman–Crippen MR) is 88.1 cm³/mol. The summed E-state index contributed by atoms with van der Waals surface area (Å²) >= 11 is 1.63. The third-order valence-electron chi connectivity index (χ3n) is 4.60. The van der Waals surface area contributed by atoms with Crippen LogP contribution in [0.15, 0.2) is 34.1 Å². The second-order valence-corrected chi connectivity index (χ2v) is 7.02. The van der Waals surface area contributed by atoms with Gasteiger partial charge in [0.05, 0.1) is 12.2 Å². The molecule has 0 amide bonds. The lowest BCUT2D eigenvalue weighted by Crippen LogP contribution is -2.40. The predicted octanol–water partition coefficient (Wildman–Crippen LogP) is 2.49. The van der Waals surface area contributed by atoms with Crippen molar-refractivity contribution < 1.29 is 18.7 Å². The second kappa shape index (κ2) is 6.83.